The van der Waals surface area contributed by atoms with E-state index in [0.29, 0.717) is 29.9 Å². The third kappa shape index (κ3) is 3.24. The van der Waals surface area contributed by atoms with Crippen LogP contribution in [0.25, 0.3) is 0 Å². The van der Waals surface area contributed by atoms with Crippen molar-refractivity contribution in [1.29, 1.82) is 5.26 Å². The Morgan fingerprint density at radius 2 is 1.85 bits per heavy atom. The van der Waals surface area contributed by atoms with Gasteiger partial charge in [-0.1, -0.05) is 25.1 Å². The Labute approximate surface area is 118 Å². The van der Waals surface area contributed by atoms with Gasteiger partial charge in [0, 0.05) is 17.5 Å². The number of ether oxygens (including phenoxy) is 1. The van der Waals surface area contributed by atoms with E-state index < -0.39 is 0 Å². The van der Waals surface area contributed by atoms with Crippen molar-refractivity contribution in [2.24, 2.45) is 0 Å². The number of nitriles is 1. The number of benzene rings is 2. The molecule has 0 atom stereocenters. The van der Waals surface area contributed by atoms with Crippen LogP contribution in [-0.4, -0.2) is 5.78 Å². The summed E-state index contributed by atoms with van der Waals surface area (Å²) >= 11 is 0. The summed E-state index contributed by atoms with van der Waals surface area (Å²) in [5.41, 5.74) is 2.16. The maximum Gasteiger partial charge on any atom is 0.162 e. The number of carbonyl (C=O) groups excluding carboxylic acids is 1. The lowest BCUT2D eigenvalue weighted by molar-refractivity contribution is 0.0988. The lowest BCUT2D eigenvalue weighted by atomic mass is 10.1. The van der Waals surface area contributed by atoms with Crippen molar-refractivity contribution < 1.29 is 9.53 Å². The first kappa shape index (κ1) is 13.8. The molecular weight excluding hydrogens is 250 g/mol. The van der Waals surface area contributed by atoms with Gasteiger partial charge in [0.25, 0.3) is 0 Å². The number of hydrogen-bond acceptors (Lipinski definition) is 3. The lowest BCUT2D eigenvalue weighted by Crippen LogP contribution is -1.99. The molecule has 3 nitrogen and oxygen atoms in total. The Kier molecular flexibility index (Phi) is 4.52. The molecule has 0 radical (unpaired) electrons. The predicted molar refractivity (Wildman–Crippen MR) is 76.6 cm³/mol. The standard InChI is InChI=1S/C17H15NO2/c1-2-17(19)13-7-9-16(10-8-13)20-12-15-6-4-3-5-14(15)11-18/h3-10H,2,12H2,1H3. The molecule has 20 heavy (non-hydrogen) atoms. The van der Waals surface area contributed by atoms with Gasteiger partial charge in [0.2, 0.25) is 0 Å². The number of hydrogen-bond donors (Lipinski definition) is 0. The number of ketones is 1. The van der Waals surface area contributed by atoms with Crippen LogP contribution in [0.3, 0.4) is 0 Å². The Morgan fingerprint density at radius 1 is 1.15 bits per heavy atom. The van der Waals surface area contributed by atoms with Crippen molar-refractivity contribution in [2.75, 3.05) is 0 Å². The van der Waals surface area contributed by atoms with Crippen LogP contribution in [0.5, 0.6) is 5.75 Å². The van der Waals surface area contributed by atoms with E-state index in [1.807, 2.05) is 25.1 Å². The normalized spacial score (nSPS) is 9.80. The van der Waals surface area contributed by atoms with Crippen molar-refractivity contribution in [3.63, 3.8) is 0 Å². The van der Waals surface area contributed by atoms with Crippen molar-refractivity contribution >= 4 is 5.78 Å². The van der Waals surface area contributed by atoms with E-state index in [-0.39, 0.29) is 5.78 Å². The first-order valence-electron chi connectivity index (χ1n) is 6.48. The van der Waals surface area contributed by atoms with Gasteiger partial charge in [-0.2, -0.15) is 5.26 Å². The maximum atomic E-state index is 11.5. The number of Topliss-reactive ketones (excluding diaryl/α,β-unsaturated/α-hetero) is 1. The van der Waals surface area contributed by atoms with E-state index in [9.17, 15) is 4.79 Å². The zero-order valence-electron chi connectivity index (χ0n) is 11.3. The first-order valence-corrected chi connectivity index (χ1v) is 6.48. The molecule has 0 bridgehead atoms. The van der Waals surface area contributed by atoms with Crippen LogP contribution in [0.15, 0.2) is 48.5 Å². The van der Waals surface area contributed by atoms with Gasteiger partial charge < -0.3 is 4.74 Å². The fourth-order valence-electron chi connectivity index (χ4n) is 1.86. The molecule has 0 aromatic heterocycles. The van der Waals surface area contributed by atoms with Crippen LogP contribution in [0.2, 0.25) is 0 Å². The van der Waals surface area contributed by atoms with Crippen molar-refractivity contribution in [3.8, 4) is 11.8 Å². The van der Waals surface area contributed by atoms with E-state index >= 15 is 0 Å². The minimum Gasteiger partial charge on any atom is -0.489 e. The summed E-state index contributed by atoms with van der Waals surface area (Å²) in [6, 6.07) is 16.6. The van der Waals surface area contributed by atoms with E-state index in [2.05, 4.69) is 6.07 Å². The summed E-state index contributed by atoms with van der Waals surface area (Å²) in [4.78, 5) is 11.5. The van der Waals surface area contributed by atoms with Crippen LogP contribution in [0.4, 0.5) is 0 Å². The summed E-state index contributed by atoms with van der Waals surface area (Å²) in [7, 11) is 0. The quantitative estimate of drug-likeness (QED) is 0.774. The van der Waals surface area contributed by atoms with Crippen LogP contribution < -0.4 is 4.74 Å². The van der Waals surface area contributed by atoms with Crippen LogP contribution in [0.1, 0.15) is 34.8 Å². The average Bonchev–Trinajstić information content (AvgIpc) is 2.53. The number of nitrogens with zero attached hydrogens (tertiary/aromatic N) is 1. The van der Waals surface area contributed by atoms with E-state index in [1.165, 1.54) is 0 Å². The van der Waals surface area contributed by atoms with Gasteiger partial charge in [0.15, 0.2) is 5.78 Å². The third-order valence-corrected chi connectivity index (χ3v) is 3.03. The maximum absolute atomic E-state index is 11.5. The molecule has 3 heteroatoms. The monoisotopic (exact) mass is 265 g/mol. The fourth-order valence-corrected chi connectivity index (χ4v) is 1.86. The van der Waals surface area contributed by atoms with Crippen molar-refractivity contribution in [3.05, 3.63) is 65.2 Å². The second-order valence-electron chi connectivity index (χ2n) is 4.36. The van der Waals surface area contributed by atoms with Gasteiger partial charge in [-0.3, -0.25) is 4.79 Å². The second kappa shape index (κ2) is 6.53. The second-order valence-corrected chi connectivity index (χ2v) is 4.36. The molecule has 0 N–H and O–H groups in total. The molecule has 0 aliphatic rings. The topological polar surface area (TPSA) is 50.1 Å². The fraction of sp³-hybridized carbons (Fsp3) is 0.176. The minimum absolute atomic E-state index is 0.117. The molecule has 2 aromatic rings. The highest BCUT2D eigenvalue weighted by atomic mass is 16.5. The van der Waals surface area contributed by atoms with Crippen LogP contribution >= 0.6 is 0 Å². The van der Waals surface area contributed by atoms with E-state index in [4.69, 9.17) is 10.00 Å². The van der Waals surface area contributed by atoms with Crippen LogP contribution in [-0.2, 0) is 6.61 Å². The molecule has 0 amide bonds. The summed E-state index contributed by atoms with van der Waals surface area (Å²) in [5.74, 6) is 0.803. The molecule has 0 heterocycles. The molecule has 0 saturated carbocycles. The smallest absolute Gasteiger partial charge is 0.162 e. The van der Waals surface area contributed by atoms with Crippen LogP contribution in [0, 0.1) is 11.3 Å². The van der Waals surface area contributed by atoms with Gasteiger partial charge in [0.1, 0.15) is 12.4 Å². The number of rotatable bonds is 5. The van der Waals surface area contributed by atoms with E-state index in [1.54, 1.807) is 30.3 Å². The summed E-state index contributed by atoms with van der Waals surface area (Å²) in [6.07, 6.45) is 0.496. The lowest BCUT2D eigenvalue weighted by Gasteiger charge is -2.08. The zero-order chi connectivity index (χ0) is 14.4. The highest BCUT2D eigenvalue weighted by Crippen LogP contribution is 2.16. The molecular formula is C17H15NO2. The Hall–Kier alpha value is -2.60. The van der Waals surface area contributed by atoms with Gasteiger partial charge in [0.05, 0.1) is 11.6 Å². The highest BCUT2D eigenvalue weighted by molar-refractivity contribution is 5.95. The number of carbonyl (C=O) groups is 1. The molecule has 100 valence electrons. The summed E-state index contributed by atoms with van der Waals surface area (Å²) in [6.45, 7) is 2.18. The largest absolute Gasteiger partial charge is 0.489 e. The molecule has 0 spiro atoms. The molecule has 2 aromatic carbocycles. The minimum atomic E-state index is 0.117. The molecule has 0 aliphatic carbocycles. The third-order valence-electron chi connectivity index (χ3n) is 3.03. The summed E-state index contributed by atoms with van der Waals surface area (Å²) < 4.78 is 5.64. The zero-order valence-corrected chi connectivity index (χ0v) is 11.3. The predicted octanol–water partition coefficient (Wildman–Crippen LogP) is 3.73. The van der Waals surface area contributed by atoms with Crippen molar-refractivity contribution in [2.45, 2.75) is 20.0 Å². The van der Waals surface area contributed by atoms with Gasteiger partial charge in [-0.25, -0.2) is 0 Å². The molecule has 2 rings (SSSR count). The van der Waals surface area contributed by atoms with Crippen molar-refractivity contribution in [1.82, 2.24) is 0 Å². The molecule has 0 fully saturated rings. The Bertz CT molecular complexity index is 639. The summed E-state index contributed by atoms with van der Waals surface area (Å²) in [5, 5.41) is 9.00. The van der Waals surface area contributed by atoms with Gasteiger partial charge in [-0.15, -0.1) is 0 Å². The first-order chi connectivity index (χ1) is 9.74. The van der Waals surface area contributed by atoms with E-state index in [0.717, 1.165) is 5.56 Å². The Morgan fingerprint density at radius 3 is 2.50 bits per heavy atom. The molecule has 0 unspecified atom stereocenters. The van der Waals surface area contributed by atoms with Gasteiger partial charge >= 0.3 is 0 Å². The van der Waals surface area contributed by atoms with Gasteiger partial charge in [-0.05, 0) is 30.3 Å². The Balaban J connectivity index is 2.04. The molecule has 0 aliphatic heterocycles. The highest BCUT2D eigenvalue weighted by Gasteiger charge is 2.04. The SMILES string of the molecule is CCC(=O)c1ccc(OCc2ccccc2C#N)cc1. The molecule has 0 saturated heterocycles. The average molecular weight is 265 g/mol.